The predicted octanol–water partition coefficient (Wildman–Crippen LogP) is -0.890. The zero-order chi connectivity index (χ0) is 15.2. The van der Waals surface area contributed by atoms with Gasteiger partial charge in [-0.1, -0.05) is 0 Å². The Morgan fingerprint density at radius 3 is 1.89 bits per heavy atom. The summed E-state index contributed by atoms with van der Waals surface area (Å²) in [5.74, 6) is -1.44. The molecule has 0 aromatic heterocycles. The summed E-state index contributed by atoms with van der Waals surface area (Å²) in [6.45, 7) is 3.90. The van der Waals surface area contributed by atoms with E-state index in [1.165, 1.54) is 20.8 Å². The van der Waals surface area contributed by atoms with E-state index in [4.69, 9.17) is 4.74 Å². The van der Waals surface area contributed by atoms with Gasteiger partial charge in [0, 0.05) is 12.8 Å². The lowest BCUT2D eigenvalue weighted by Gasteiger charge is -2.36. The van der Waals surface area contributed by atoms with Gasteiger partial charge >= 0.3 is 5.97 Å². The first-order chi connectivity index (χ1) is 8.61. The number of ether oxygens (including phenoxy) is 1. The van der Waals surface area contributed by atoms with Crippen LogP contribution in [0.4, 0.5) is 0 Å². The summed E-state index contributed by atoms with van der Waals surface area (Å²) in [5.41, 5.74) is -2.05. The van der Waals surface area contributed by atoms with Gasteiger partial charge in [0.2, 0.25) is 0 Å². The molecule has 5 N–H and O–H groups in total. The maximum Gasteiger partial charge on any atom is 0.338 e. The van der Waals surface area contributed by atoms with Crippen molar-refractivity contribution in [1.82, 2.24) is 0 Å². The van der Waals surface area contributed by atoms with Crippen molar-refractivity contribution in [3.63, 3.8) is 0 Å². The fourth-order valence-corrected chi connectivity index (χ4v) is 1.80. The van der Waals surface area contributed by atoms with Crippen LogP contribution in [0.25, 0.3) is 0 Å². The minimum absolute atomic E-state index is 0.209. The lowest BCUT2D eigenvalue weighted by Crippen LogP contribution is -2.55. The molecule has 0 heterocycles. The molecule has 0 aliphatic carbocycles. The molecule has 0 aliphatic rings. The highest BCUT2D eigenvalue weighted by Crippen LogP contribution is 2.27. The average Bonchev–Trinajstić information content (AvgIpc) is 2.21. The molecule has 7 nitrogen and oxygen atoms in total. The zero-order valence-corrected chi connectivity index (χ0v) is 11.5. The van der Waals surface area contributed by atoms with E-state index < -0.39 is 36.0 Å². The van der Waals surface area contributed by atoms with Crippen molar-refractivity contribution >= 4 is 5.97 Å². The van der Waals surface area contributed by atoms with Gasteiger partial charge in [0.05, 0.1) is 31.0 Å². The van der Waals surface area contributed by atoms with Gasteiger partial charge in [-0.25, -0.2) is 4.79 Å². The second-order valence-corrected chi connectivity index (χ2v) is 5.01. The van der Waals surface area contributed by atoms with Crippen molar-refractivity contribution in [3.05, 3.63) is 0 Å². The molecule has 5 unspecified atom stereocenters. The normalized spacial score (nSPS) is 21.2. The SMILES string of the molecule is CC(O)COC(CC(C)O)(C(=O)O)C(O)CC(C)O. The first-order valence-corrected chi connectivity index (χ1v) is 6.21. The van der Waals surface area contributed by atoms with E-state index >= 15 is 0 Å². The van der Waals surface area contributed by atoms with E-state index in [9.17, 15) is 30.3 Å². The van der Waals surface area contributed by atoms with Gasteiger partial charge in [-0.3, -0.25) is 0 Å². The van der Waals surface area contributed by atoms with E-state index in [1.54, 1.807) is 0 Å². The van der Waals surface area contributed by atoms with E-state index in [2.05, 4.69) is 0 Å². The monoisotopic (exact) mass is 280 g/mol. The standard InChI is InChI=1S/C12H24O7/c1-7(13)4-10(16)12(11(17)18,5-8(2)14)19-6-9(3)15/h7-10,13-16H,4-6H2,1-3H3,(H,17,18). The van der Waals surface area contributed by atoms with Crippen LogP contribution in [0.1, 0.15) is 33.6 Å². The predicted molar refractivity (Wildman–Crippen MR) is 66.6 cm³/mol. The quantitative estimate of drug-likeness (QED) is 0.370. The Balaban J connectivity index is 5.17. The molecule has 0 fully saturated rings. The number of aliphatic carboxylic acids is 1. The van der Waals surface area contributed by atoms with Gasteiger partial charge < -0.3 is 30.3 Å². The molecular formula is C12H24O7. The maximum absolute atomic E-state index is 11.4. The lowest BCUT2D eigenvalue weighted by atomic mass is 9.87. The Hall–Kier alpha value is -0.730. The second kappa shape index (κ2) is 7.76. The van der Waals surface area contributed by atoms with Crippen LogP contribution in [-0.4, -0.2) is 68.1 Å². The van der Waals surface area contributed by atoms with E-state index in [1.807, 2.05) is 0 Å². The highest BCUT2D eigenvalue weighted by Gasteiger charge is 2.48. The molecule has 0 aliphatic heterocycles. The lowest BCUT2D eigenvalue weighted by molar-refractivity contribution is -0.197. The van der Waals surface area contributed by atoms with Crippen molar-refractivity contribution in [1.29, 1.82) is 0 Å². The molecule has 19 heavy (non-hydrogen) atoms. The summed E-state index contributed by atoms with van der Waals surface area (Å²) in [4.78, 5) is 11.4. The van der Waals surface area contributed by atoms with Crippen LogP contribution in [-0.2, 0) is 9.53 Å². The molecule has 114 valence electrons. The van der Waals surface area contributed by atoms with Crippen LogP contribution in [0.15, 0.2) is 0 Å². The van der Waals surface area contributed by atoms with Crippen molar-refractivity contribution < 1.29 is 35.1 Å². The smallest absolute Gasteiger partial charge is 0.338 e. The minimum Gasteiger partial charge on any atom is -0.479 e. The molecule has 0 bridgehead atoms. The Labute approximate surface area is 112 Å². The molecular weight excluding hydrogens is 256 g/mol. The topological polar surface area (TPSA) is 127 Å². The molecule has 7 heteroatoms. The number of carbonyl (C=O) groups is 1. The van der Waals surface area contributed by atoms with Crippen LogP contribution in [0.2, 0.25) is 0 Å². The van der Waals surface area contributed by atoms with Crippen LogP contribution in [0.5, 0.6) is 0 Å². The zero-order valence-electron chi connectivity index (χ0n) is 11.5. The Bertz CT molecular complexity index is 277. The summed E-state index contributed by atoms with van der Waals surface area (Å²) in [6, 6.07) is 0. The third-order valence-corrected chi connectivity index (χ3v) is 2.65. The first kappa shape index (κ1) is 18.3. The summed E-state index contributed by atoms with van der Waals surface area (Å²) < 4.78 is 5.16. The van der Waals surface area contributed by atoms with E-state index in [-0.39, 0.29) is 19.4 Å². The number of hydrogen-bond donors (Lipinski definition) is 5. The van der Waals surface area contributed by atoms with Crippen LogP contribution >= 0.6 is 0 Å². The molecule has 0 amide bonds. The van der Waals surface area contributed by atoms with Crippen LogP contribution in [0.3, 0.4) is 0 Å². The van der Waals surface area contributed by atoms with Crippen molar-refractivity contribution in [2.45, 2.75) is 63.6 Å². The Morgan fingerprint density at radius 1 is 1.05 bits per heavy atom. The van der Waals surface area contributed by atoms with Gasteiger partial charge in [-0.2, -0.15) is 0 Å². The molecule has 0 rings (SSSR count). The van der Waals surface area contributed by atoms with Gasteiger partial charge in [-0.15, -0.1) is 0 Å². The average molecular weight is 280 g/mol. The summed E-state index contributed by atoms with van der Waals surface area (Å²) in [6.07, 6.45) is -4.90. The van der Waals surface area contributed by atoms with Crippen LogP contribution < -0.4 is 0 Å². The summed E-state index contributed by atoms with van der Waals surface area (Å²) in [7, 11) is 0. The van der Waals surface area contributed by atoms with E-state index in [0.29, 0.717) is 0 Å². The third-order valence-electron chi connectivity index (χ3n) is 2.65. The van der Waals surface area contributed by atoms with Gasteiger partial charge in [0.15, 0.2) is 5.60 Å². The number of aliphatic hydroxyl groups excluding tert-OH is 4. The first-order valence-electron chi connectivity index (χ1n) is 6.21. The third kappa shape index (κ3) is 5.84. The molecule has 5 atom stereocenters. The molecule has 0 saturated heterocycles. The molecule has 0 radical (unpaired) electrons. The Morgan fingerprint density at radius 2 is 1.58 bits per heavy atom. The molecule has 0 saturated carbocycles. The minimum atomic E-state index is -2.05. The van der Waals surface area contributed by atoms with E-state index in [0.717, 1.165) is 0 Å². The fraction of sp³-hybridized carbons (Fsp3) is 0.917. The van der Waals surface area contributed by atoms with Gasteiger partial charge in [0.25, 0.3) is 0 Å². The van der Waals surface area contributed by atoms with Gasteiger partial charge in [-0.05, 0) is 20.8 Å². The fourth-order valence-electron chi connectivity index (χ4n) is 1.80. The number of aliphatic hydroxyl groups is 4. The summed E-state index contributed by atoms with van der Waals surface area (Å²) >= 11 is 0. The van der Waals surface area contributed by atoms with Crippen molar-refractivity contribution in [2.75, 3.05) is 6.61 Å². The highest BCUT2D eigenvalue weighted by molar-refractivity contribution is 5.78. The number of carboxylic acids is 1. The molecule has 0 aromatic carbocycles. The van der Waals surface area contributed by atoms with Crippen LogP contribution in [0, 0.1) is 0 Å². The second-order valence-electron chi connectivity index (χ2n) is 5.01. The molecule has 0 aromatic rings. The number of carboxylic acid groups (broad SMARTS) is 1. The highest BCUT2D eigenvalue weighted by atomic mass is 16.5. The number of rotatable bonds is 9. The van der Waals surface area contributed by atoms with Crippen molar-refractivity contribution in [2.24, 2.45) is 0 Å². The summed E-state index contributed by atoms with van der Waals surface area (Å²) in [5, 5.41) is 47.2. The largest absolute Gasteiger partial charge is 0.479 e. The molecule has 0 spiro atoms. The van der Waals surface area contributed by atoms with Crippen molar-refractivity contribution in [3.8, 4) is 0 Å². The number of hydrogen-bond acceptors (Lipinski definition) is 6. The maximum atomic E-state index is 11.4. The van der Waals surface area contributed by atoms with Gasteiger partial charge in [0.1, 0.15) is 0 Å². The Kier molecular flexibility index (Phi) is 7.46.